The third-order valence-electron chi connectivity index (χ3n) is 2.12. The summed E-state index contributed by atoms with van der Waals surface area (Å²) in [6, 6.07) is 7.58. The van der Waals surface area contributed by atoms with Gasteiger partial charge in [0.15, 0.2) is 5.78 Å². The van der Waals surface area contributed by atoms with Gasteiger partial charge in [-0.2, -0.15) is 0 Å². The molecule has 13 heavy (non-hydrogen) atoms. The summed E-state index contributed by atoms with van der Waals surface area (Å²) in [6.07, 6.45) is 0. The molecule has 1 aromatic carbocycles. The van der Waals surface area contributed by atoms with E-state index in [0.29, 0.717) is 11.3 Å². The van der Waals surface area contributed by atoms with Crippen LogP contribution in [0.25, 0.3) is 11.0 Å². The number of fused-ring (bicyclic) bond motifs is 1. The van der Waals surface area contributed by atoms with Gasteiger partial charge in [0, 0.05) is 5.39 Å². The monoisotopic (exact) mass is 174 g/mol. The second-order valence-electron chi connectivity index (χ2n) is 3.09. The van der Waals surface area contributed by atoms with Crippen LogP contribution in [0.2, 0.25) is 0 Å². The zero-order valence-electron chi connectivity index (χ0n) is 7.63. The SMILES string of the molecule is CC(=O)c1c(C)oc2ccccc12. The van der Waals surface area contributed by atoms with Gasteiger partial charge in [-0.1, -0.05) is 18.2 Å². The molecule has 2 aromatic rings. The van der Waals surface area contributed by atoms with Crippen molar-refractivity contribution in [3.8, 4) is 0 Å². The Hall–Kier alpha value is -1.57. The molecule has 0 aliphatic heterocycles. The van der Waals surface area contributed by atoms with Crippen molar-refractivity contribution in [3.63, 3.8) is 0 Å². The molecule has 0 aliphatic carbocycles. The zero-order valence-corrected chi connectivity index (χ0v) is 7.63. The van der Waals surface area contributed by atoms with Crippen molar-refractivity contribution in [2.75, 3.05) is 0 Å². The molecule has 66 valence electrons. The van der Waals surface area contributed by atoms with E-state index in [1.54, 1.807) is 6.92 Å². The first-order valence-corrected chi connectivity index (χ1v) is 4.19. The lowest BCUT2D eigenvalue weighted by molar-refractivity contribution is 0.101. The zero-order chi connectivity index (χ0) is 9.42. The maximum Gasteiger partial charge on any atom is 0.163 e. The van der Waals surface area contributed by atoms with E-state index in [9.17, 15) is 4.79 Å². The first kappa shape index (κ1) is 8.05. The van der Waals surface area contributed by atoms with E-state index < -0.39 is 0 Å². The smallest absolute Gasteiger partial charge is 0.163 e. The fraction of sp³-hybridized carbons (Fsp3) is 0.182. The van der Waals surface area contributed by atoms with Gasteiger partial charge in [0.2, 0.25) is 0 Å². The predicted molar refractivity (Wildman–Crippen MR) is 51.0 cm³/mol. The van der Waals surface area contributed by atoms with Gasteiger partial charge in [0.05, 0.1) is 5.56 Å². The highest BCUT2D eigenvalue weighted by Crippen LogP contribution is 2.25. The Morgan fingerprint density at radius 1 is 1.31 bits per heavy atom. The average Bonchev–Trinajstić information content (AvgIpc) is 2.39. The van der Waals surface area contributed by atoms with Crippen molar-refractivity contribution in [2.45, 2.75) is 13.8 Å². The Balaban J connectivity index is 2.86. The summed E-state index contributed by atoms with van der Waals surface area (Å²) in [4.78, 5) is 11.3. The van der Waals surface area contributed by atoms with E-state index in [1.807, 2.05) is 31.2 Å². The summed E-state index contributed by atoms with van der Waals surface area (Å²) >= 11 is 0. The number of carbonyl (C=O) groups excluding carboxylic acids is 1. The number of para-hydroxylation sites is 1. The molecular weight excluding hydrogens is 164 g/mol. The van der Waals surface area contributed by atoms with Crippen LogP contribution >= 0.6 is 0 Å². The Morgan fingerprint density at radius 2 is 2.00 bits per heavy atom. The highest BCUT2D eigenvalue weighted by Gasteiger charge is 2.13. The Bertz CT molecular complexity index is 466. The third-order valence-corrected chi connectivity index (χ3v) is 2.12. The molecule has 0 bridgehead atoms. The maximum absolute atomic E-state index is 11.3. The number of carbonyl (C=O) groups is 1. The minimum atomic E-state index is 0.0578. The molecule has 0 radical (unpaired) electrons. The summed E-state index contributed by atoms with van der Waals surface area (Å²) in [5.74, 6) is 0.760. The number of Topliss-reactive ketones (excluding diaryl/α,β-unsaturated/α-hetero) is 1. The van der Waals surface area contributed by atoms with Crippen molar-refractivity contribution in [1.82, 2.24) is 0 Å². The second-order valence-corrected chi connectivity index (χ2v) is 3.09. The molecule has 0 amide bonds. The molecule has 2 rings (SSSR count). The van der Waals surface area contributed by atoms with Gasteiger partial charge in [-0.05, 0) is 19.9 Å². The van der Waals surface area contributed by atoms with Crippen LogP contribution in [0.3, 0.4) is 0 Å². The number of rotatable bonds is 1. The van der Waals surface area contributed by atoms with Gasteiger partial charge in [0.25, 0.3) is 0 Å². The first-order valence-electron chi connectivity index (χ1n) is 4.19. The van der Waals surface area contributed by atoms with Gasteiger partial charge in [-0.25, -0.2) is 0 Å². The number of ketones is 1. The predicted octanol–water partition coefficient (Wildman–Crippen LogP) is 2.94. The van der Waals surface area contributed by atoms with Gasteiger partial charge >= 0.3 is 0 Å². The van der Waals surface area contributed by atoms with Crippen LogP contribution in [0, 0.1) is 6.92 Å². The first-order chi connectivity index (χ1) is 6.20. The fourth-order valence-corrected chi connectivity index (χ4v) is 1.61. The molecule has 0 spiro atoms. The number of furan rings is 1. The van der Waals surface area contributed by atoms with E-state index in [0.717, 1.165) is 11.0 Å². The molecule has 0 fully saturated rings. The van der Waals surface area contributed by atoms with Crippen LogP contribution in [0.15, 0.2) is 28.7 Å². The Morgan fingerprint density at radius 3 is 2.69 bits per heavy atom. The van der Waals surface area contributed by atoms with Crippen molar-refractivity contribution >= 4 is 16.8 Å². The normalized spacial score (nSPS) is 10.6. The van der Waals surface area contributed by atoms with Crippen LogP contribution < -0.4 is 0 Å². The van der Waals surface area contributed by atoms with Gasteiger partial charge in [0.1, 0.15) is 11.3 Å². The highest BCUT2D eigenvalue weighted by molar-refractivity contribution is 6.07. The molecule has 1 heterocycles. The molecule has 2 heteroatoms. The van der Waals surface area contributed by atoms with Crippen LogP contribution in [0.5, 0.6) is 0 Å². The summed E-state index contributed by atoms with van der Waals surface area (Å²) in [5, 5.41) is 0.910. The summed E-state index contributed by atoms with van der Waals surface area (Å²) in [7, 11) is 0. The Labute approximate surface area is 76.2 Å². The molecule has 0 aliphatic rings. The van der Waals surface area contributed by atoms with Crippen LogP contribution in [0.1, 0.15) is 23.0 Å². The highest BCUT2D eigenvalue weighted by atomic mass is 16.3. The molecule has 0 atom stereocenters. The van der Waals surface area contributed by atoms with E-state index in [4.69, 9.17) is 4.42 Å². The summed E-state index contributed by atoms with van der Waals surface area (Å²) in [6.45, 7) is 3.38. The van der Waals surface area contributed by atoms with E-state index >= 15 is 0 Å². The number of aryl methyl sites for hydroxylation is 1. The van der Waals surface area contributed by atoms with Crippen molar-refractivity contribution < 1.29 is 9.21 Å². The second kappa shape index (κ2) is 2.73. The standard InChI is InChI=1S/C11H10O2/c1-7(12)11-8(2)13-10-6-4-3-5-9(10)11/h3-6H,1-2H3. The van der Waals surface area contributed by atoms with E-state index in [1.165, 1.54) is 0 Å². The fourth-order valence-electron chi connectivity index (χ4n) is 1.61. The van der Waals surface area contributed by atoms with Crippen LogP contribution in [-0.4, -0.2) is 5.78 Å². The van der Waals surface area contributed by atoms with E-state index in [2.05, 4.69) is 0 Å². The molecule has 0 saturated carbocycles. The minimum absolute atomic E-state index is 0.0578. The maximum atomic E-state index is 11.3. The van der Waals surface area contributed by atoms with Crippen molar-refractivity contribution in [1.29, 1.82) is 0 Å². The largest absolute Gasteiger partial charge is 0.461 e. The molecular formula is C11H10O2. The lowest BCUT2D eigenvalue weighted by Gasteiger charge is -1.90. The van der Waals surface area contributed by atoms with Crippen molar-refractivity contribution in [2.24, 2.45) is 0 Å². The van der Waals surface area contributed by atoms with E-state index in [-0.39, 0.29) is 5.78 Å². The van der Waals surface area contributed by atoms with Crippen LogP contribution in [-0.2, 0) is 0 Å². The topological polar surface area (TPSA) is 30.2 Å². The molecule has 2 nitrogen and oxygen atoms in total. The quantitative estimate of drug-likeness (QED) is 0.622. The number of hydrogen-bond donors (Lipinski definition) is 0. The third kappa shape index (κ3) is 1.15. The molecule has 0 saturated heterocycles. The Kier molecular flexibility index (Phi) is 1.69. The van der Waals surface area contributed by atoms with Crippen molar-refractivity contribution in [3.05, 3.63) is 35.6 Å². The minimum Gasteiger partial charge on any atom is -0.461 e. The summed E-state index contributed by atoms with van der Waals surface area (Å²) < 4.78 is 5.44. The lowest BCUT2D eigenvalue weighted by Crippen LogP contribution is -1.91. The average molecular weight is 174 g/mol. The lowest BCUT2D eigenvalue weighted by atomic mass is 10.1. The molecule has 0 N–H and O–H groups in total. The number of hydrogen-bond acceptors (Lipinski definition) is 2. The summed E-state index contributed by atoms with van der Waals surface area (Å²) in [5.41, 5.74) is 1.49. The van der Waals surface area contributed by atoms with Gasteiger partial charge in [-0.3, -0.25) is 4.79 Å². The number of benzene rings is 1. The van der Waals surface area contributed by atoms with Gasteiger partial charge in [-0.15, -0.1) is 0 Å². The van der Waals surface area contributed by atoms with Crippen LogP contribution in [0.4, 0.5) is 0 Å². The molecule has 0 unspecified atom stereocenters. The van der Waals surface area contributed by atoms with Gasteiger partial charge < -0.3 is 4.42 Å². The molecule has 1 aromatic heterocycles.